The quantitative estimate of drug-likeness (QED) is 0.261. The first kappa shape index (κ1) is 35.4. The monoisotopic (exact) mass is 697 g/mol. The largest absolute Gasteiger partial charge is 0.455 e. The van der Waals surface area contributed by atoms with Crippen LogP contribution in [0.1, 0.15) is 72.4 Å². The van der Waals surface area contributed by atoms with Gasteiger partial charge >= 0.3 is 0 Å². The van der Waals surface area contributed by atoms with Crippen molar-refractivity contribution in [2.24, 2.45) is 5.92 Å². The summed E-state index contributed by atoms with van der Waals surface area (Å²) in [7, 11) is 0. The number of benzene rings is 2. The van der Waals surface area contributed by atoms with Crippen molar-refractivity contribution in [2.45, 2.75) is 71.2 Å². The van der Waals surface area contributed by atoms with E-state index in [9.17, 15) is 14.4 Å². The Morgan fingerprint density at radius 1 is 0.940 bits per heavy atom. The van der Waals surface area contributed by atoms with Crippen molar-refractivity contribution in [1.82, 2.24) is 35.2 Å². The first-order valence-corrected chi connectivity index (χ1v) is 18.9. The summed E-state index contributed by atoms with van der Waals surface area (Å²) >= 11 is 1.63. The Bertz CT molecular complexity index is 1770. The number of furan rings is 1. The summed E-state index contributed by atoms with van der Waals surface area (Å²) in [6, 6.07) is 20.7. The van der Waals surface area contributed by atoms with Crippen LogP contribution in [0.4, 0.5) is 0 Å². The fourth-order valence-corrected chi connectivity index (χ4v) is 7.09. The molecule has 12 heteroatoms. The maximum atomic E-state index is 14.0. The lowest BCUT2D eigenvalue weighted by molar-refractivity contribution is -0.129. The van der Waals surface area contributed by atoms with Crippen molar-refractivity contribution in [1.29, 1.82) is 0 Å². The van der Waals surface area contributed by atoms with Crippen molar-refractivity contribution >= 4 is 29.5 Å². The molecule has 3 amide bonds. The zero-order valence-corrected chi connectivity index (χ0v) is 30.0. The molecule has 2 N–H and O–H groups in total. The van der Waals surface area contributed by atoms with Gasteiger partial charge in [0, 0.05) is 38.2 Å². The van der Waals surface area contributed by atoms with Crippen molar-refractivity contribution < 1.29 is 18.8 Å². The number of hydrogen-bond acceptors (Lipinski definition) is 8. The van der Waals surface area contributed by atoms with Gasteiger partial charge in [-0.2, -0.15) is 16.9 Å². The predicted octanol–water partition coefficient (Wildman–Crippen LogP) is 5.08. The highest BCUT2D eigenvalue weighted by molar-refractivity contribution is 7.98. The molecule has 0 aliphatic carbocycles. The van der Waals surface area contributed by atoms with Crippen LogP contribution in [-0.4, -0.2) is 80.0 Å². The number of carbonyl (C=O) groups is 3. The Morgan fingerprint density at radius 3 is 2.50 bits per heavy atom. The Labute approximate surface area is 298 Å². The molecule has 0 bridgehead atoms. The van der Waals surface area contributed by atoms with Crippen LogP contribution in [0.5, 0.6) is 0 Å². The van der Waals surface area contributed by atoms with E-state index in [1.54, 1.807) is 22.7 Å². The molecule has 0 radical (unpaired) electrons. The third-order valence-corrected chi connectivity index (χ3v) is 10.0. The summed E-state index contributed by atoms with van der Waals surface area (Å²) in [6.45, 7) is 7.45. The van der Waals surface area contributed by atoms with Crippen molar-refractivity contribution in [3.05, 3.63) is 95.2 Å². The molecule has 4 heterocycles. The van der Waals surface area contributed by atoms with E-state index in [2.05, 4.69) is 39.8 Å². The maximum absolute atomic E-state index is 14.0. The van der Waals surface area contributed by atoms with Gasteiger partial charge in [-0.3, -0.25) is 19.3 Å². The van der Waals surface area contributed by atoms with E-state index in [0.29, 0.717) is 50.7 Å². The van der Waals surface area contributed by atoms with Crippen molar-refractivity contribution in [2.75, 3.05) is 31.6 Å². The molecule has 50 heavy (non-hydrogen) atoms. The zero-order valence-electron chi connectivity index (χ0n) is 29.1. The molecule has 0 fully saturated rings. The highest BCUT2D eigenvalue weighted by Gasteiger charge is 2.31. The van der Waals surface area contributed by atoms with Gasteiger partial charge in [0.2, 0.25) is 11.8 Å². The third-order valence-electron chi connectivity index (χ3n) is 9.40. The maximum Gasteiger partial charge on any atom is 0.289 e. The molecular formula is C38H47N7O4S. The van der Waals surface area contributed by atoms with Crippen LogP contribution >= 0.6 is 11.8 Å². The predicted molar refractivity (Wildman–Crippen MR) is 194 cm³/mol. The number of carbonyl (C=O) groups excluding carboxylic acids is 3. The Balaban J connectivity index is 1.25. The summed E-state index contributed by atoms with van der Waals surface area (Å²) in [4.78, 5) is 49.8. The summed E-state index contributed by atoms with van der Waals surface area (Å²) in [5.41, 5.74) is 3.57. The minimum atomic E-state index is -0.684. The van der Waals surface area contributed by atoms with Crippen molar-refractivity contribution in [3.8, 4) is 11.4 Å². The van der Waals surface area contributed by atoms with Gasteiger partial charge in [0.1, 0.15) is 11.8 Å². The lowest BCUT2D eigenvalue weighted by Gasteiger charge is -2.28. The summed E-state index contributed by atoms with van der Waals surface area (Å²) in [6.07, 6.45) is 4.09. The summed E-state index contributed by atoms with van der Waals surface area (Å²) in [5, 5.41) is 11.0. The van der Waals surface area contributed by atoms with Gasteiger partial charge in [0.15, 0.2) is 17.4 Å². The van der Waals surface area contributed by atoms with Gasteiger partial charge in [-0.25, -0.2) is 9.67 Å². The molecule has 2 atom stereocenters. The molecule has 0 saturated heterocycles. The summed E-state index contributed by atoms with van der Waals surface area (Å²) in [5.74, 6) is 2.18. The van der Waals surface area contributed by atoms with E-state index in [4.69, 9.17) is 14.5 Å². The summed E-state index contributed by atoms with van der Waals surface area (Å²) < 4.78 is 7.98. The number of amides is 3. The lowest BCUT2D eigenvalue weighted by Crippen LogP contribution is -2.49. The number of hydrogen-bond donors (Lipinski definition) is 2. The molecule has 6 rings (SSSR count). The number of thioether (sulfide) groups is 1. The topological polar surface area (TPSA) is 126 Å². The van der Waals surface area contributed by atoms with Gasteiger partial charge in [0.25, 0.3) is 5.91 Å². The first-order chi connectivity index (χ1) is 24.3. The molecule has 0 saturated carbocycles. The molecule has 2 aliphatic heterocycles. The van der Waals surface area contributed by atoms with Crippen LogP contribution in [0, 0.1) is 5.92 Å². The molecule has 264 valence electrons. The van der Waals surface area contributed by atoms with Crippen LogP contribution in [0.3, 0.4) is 0 Å². The van der Waals surface area contributed by atoms with Gasteiger partial charge in [0.05, 0.1) is 19.1 Å². The van der Waals surface area contributed by atoms with Crippen molar-refractivity contribution in [3.63, 3.8) is 0 Å². The highest BCUT2D eigenvalue weighted by atomic mass is 32.2. The number of nitrogens with one attached hydrogen (secondary N) is 2. The second-order valence-corrected chi connectivity index (χ2v) is 14.4. The normalized spacial score (nSPS) is 19.3. The molecule has 4 aromatic rings. The van der Waals surface area contributed by atoms with E-state index in [1.807, 2.05) is 61.2 Å². The fourth-order valence-electron chi connectivity index (χ4n) is 6.62. The smallest absolute Gasteiger partial charge is 0.289 e. The van der Waals surface area contributed by atoms with Gasteiger partial charge in [-0.1, -0.05) is 68.4 Å². The number of rotatable bonds is 8. The van der Waals surface area contributed by atoms with E-state index in [-0.39, 0.29) is 35.8 Å². The van der Waals surface area contributed by atoms with E-state index >= 15 is 0 Å². The fraction of sp³-hybridized carbons (Fsp3) is 0.447. The molecule has 2 aliphatic rings. The van der Waals surface area contributed by atoms with Crippen LogP contribution in [0.2, 0.25) is 0 Å². The second-order valence-electron chi connectivity index (χ2n) is 13.4. The Morgan fingerprint density at radius 2 is 1.72 bits per heavy atom. The Kier molecular flexibility index (Phi) is 11.7. The van der Waals surface area contributed by atoms with Crippen LogP contribution in [-0.2, 0) is 35.6 Å². The minimum absolute atomic E-state index is 0.0250. The SMILES string of the molecule is CSCC[C@@H]1NC(=O)CCCN(C(=O)c2ccc(CN3CCc4ccccc4C3)o2)CCn2nc(-c3ccccc3)nc2[C@@H](C(C)C)NC1=O. The average Bonchev–Trinajstić information content (AvgIpc) is 3.77. The highest BCUT2D eigenvalue weighted by Crippen LogP contribution is 2.26. The second kappa shape index (κ2) is 16.5. The molecular weight excluding hydrogens is 651 g/mol. The minimum Gasteiger partial charge on any atom is -0.455 e. The molecule has 11 nitrogen and oxygen atoms in total. The first-order valence-electron chi connectivity index (χ1n) is 17.5. The molecule has 2 aromatic heterocycles. The average molecular weight is 698 g/mol. The third kappa shape index (κ3) is 8.65. The van der Waals surface area contributed by atoms with Gasteiger partial charge < -0.3 is 20.0 Å². The number of nitrogens with zero attached hydrogens (tertiary/aromatic N) is 5. The van der Waals surface area contributed by atoms with Crippen LogP contribution in [0.15, 0.2) is 71.1 Å². The molecule has 0 unspecified atom stereocenters. The lowest BCUT2D eigenvalue weighted by atomic mass is 10.00. The van der Waals surface area contributed by atoms with Crippen LogP contribution in [0.25, 0.3) is 11.4 Å². The van der Waals surface area contributed by atoms with E-state index < -0.39 is 12.1 Å². The number of fused-ring (bicyclic) bond motifs is 2. The molecule has 0 spiro atoms. The molecule has 2 aromatic carbocycles. The standard InChI is InChI=1S/C38H47N7O4S/c1-26(2)34-36-41-35(28-11-5-4-6-12-28)42-45(36)22-21-44(19-9-14-33(46)39-31(18-23-50-3)37(47)40-34)38(48)32-16-15-30(49-32)25-43-20-17-27-10-7-8-13-29(27)24-43/h4-8,10-13,15-16,26,31,34H,9,14,17-25H2,1-3H3,(H,39,46)(H,40,47)/t31-,34+/m0/s1. The Hall–Kier alpha value is -4.42. The van der Waals surface area contributed by atoms with Gasteiger partial charge in [-0.05, 0) is 60.4 Å². The van der Waals surface area contributed by atoms with Crippen LogP contribution < -0.4 is 10.6 Å². The zero-order chi connectivity index (χ0) is 35.0. The number of aromatic nitrogens is 3. The van der Waals surface area contributed by atoms with E-state index in [1.165, 1.54) is 11.1 Å². The van der Waals surface area contributed by atoms with Gasteiger partial charge in [-0.15, -0.1) is 0 Å². The van der Waals surface area contributed by atoms with E-state index in [0.717, 1.165) is 36.6 Å².